The Morgan fingerprint density at radius 3 is 2.70 bits per heavy atom. The molecule has 2 aliphatic rings. The van der Waals surface area contributed by atoms with Gasteiger partial charge >= 0.3 is 0 Å². The highest BCUT2D eigenvalue weighted by Crippen LogP contribution is 2.40. The SMILES string of the molecule is O=C1CCc2cc(-c3cncc4ccccc34)cc3c2N1CC3. The van der Waals surface area contributed by atoms with Gasteiger partial charge in [0.1, 0.15) is 0 Å². The van der Waals surface area contributed by atoms with E-state index in [1.165, 1.54) is 33.3 Å². The molecule has 0 saturated heterocycles. The first kappa shape index (κ1) is 12.8. The highest BCUT2D eigenvalue weighted by Gasteiger charge is 2.31. The Balaban J connectivity index is 1.75. The first-order valence-electron chi connectivity index (χ1n) is 8.10. The van der Waals surface area contributed by atoms with Gasteiger partial charge in [0, 0.05) is 36.3 Å². The smallest absolute Gasteiger partial charge is 0.227 e. The van der Waals surface area contributed by atoms with E-state index in [0.717, 1.165) is 24.8 Å². The molecule has 1 aromatic heterocycles. The lowest BCUT2D eigenvalue weighted by Crippen LogP contribution is -2.32. The van der Waals surface area contributed by atoms with Gasteiger partial charge in [-0.05, 0) is 47.1 Å². The van der Waals surface area contributed by atoms with Crippen molar-refractivity contribution in [3.63, 3.8) is 0 Å². The van der Waals surface area contributed by atoms with Crippen LogP contribution in [0.3, 0.4) is 0 Å². The van der Waals surface area contributed by atoms with Crippen LogP contribution in [0.15, 0.2) is 48.8 Å². The lowest BCUT2D eigenvalue weighted by Gasteiger charge is -2.26. The predicted octanol–water partition coefficient (Wildman–Crippen LogP) is 3.74. The Hall–Kier alpha value is -2.68. The first-order valence-corrected chi connectivity index (χ1v) is 8.10. The van der Waals surface area contributed by atoms with Gasteiger partial charge in [-0.25, -0.2) is 0 Å². The number of amides is 1. The number of pyridine rings is 1. The van der Waals surface area contributed by atoms with E-state index in [4.69, 9.17) is 0 Å². The van der Waals surface area contributed by atoms with E-state index in [1.807, 2.05) is 23.4 Å². The minimum Gasteiger partial charge on any atom is -0.312 e. The van der Waals surface area contributed by atoms with Gasteiger partial charge in [0.05, 0.1) is 5.69 Å². The highest BCUT2D eigenvalue weighted by atomic mass is 16.2. The quantitative estimate of drug-likeness (QED) is 0.686. The topological polar surface area (TPSA) is 33.2 Å². The van der Waals surface area contributed by atoms with Crippen LogP contribution in [0, 0.1) is 0 Å². The molecule has 0 radical (unpaired) electrons. The van der Waals surface area contributed by atoms with Crippen LogP contribution in [-0.2, 0) is 17.6 Å². The summed E-state index contributed by atoms with van der Waals surface area (Å²) in [6, 6.07) is 12.9. The highest BCUT2D eigenvalue weighted by molar-refractivity contribution is 6.01. The fraction of sp³-hybridized carbons (Fsp3) is 0.200. The molecule has 2 aliphatic heterocycles. The molecule has 0 unspecified atom stereocenters. The summed E-state index contributed by atoms with van der Waals surface area (Å²) in [5, 5.41) is 2.40. The average molecular weight is 300 g/mol. The van der Waals surface area contributed by atoms with Crippen molar-refractivity contribution in [2.75, 3.05) is 11.4 Å². The number of fused-ring (bicyclic) bond motifs is 1. The summed E-state index contributed by atoms with van der Waals surface area (Å²) >= 11 is 0. The molecule has 3 aromatic rings. The van der Waals surface area contributed by atoms with Crippen molar-refractivity contribution in [1.82, 2.24) is 4.98 Å². The van der Waals surface area contributed by atoms with Crippen molar-refractivity contribution < 1.29 is 4.79 Å². The number of anilines is 1. The number of aromatic nitrogens is 1. The zero-order valence-corrected chi connectivity index (χ0v) is 12.7. The van der Waals surface area contributed by atoms with Crippen molar-refractivity contribution in [2.24, 2.45) is 0 Å². The summed E-state index contributed by atoms with van der Waals surface area (Å²) in [6.07, 6.45) is 6.31. The van der Waals surface area contributed by atoms with E-state index >= 15 is 0 Å². The molecule has 2 aromatic carbocycles. The van der Waals surface area contributed by atoms with Crippen LogP contribution in [0.2, 0.25) is 0 Å². The molecule has 5 rings (SSSR count). The molecule has 112 valence electrons. The number of carbonyl (C=O) groups is 1. The zero-order valence-electron chi connectivity index (χ0n) is 12.7. The fourth-order valence-corrected chi connectivity index (χ4v) is 3.96. The first-order chi connectivity index (χ1) is 11.3. The van der Waals surface area contributed by atoms with Crippen molar-refractivity contribution in [3.05, 3.63) is 59.9 Å². The molecule has 0 spiro atoms. The second-order valence-electron chi connectivity index (χ2n) is 6.35. The Kier molecular flexibility index (Phi) is 2.60. The Morgan fingerprint density at radius 1 is 0.957 bits per heavy atom. The van der Waals surface area contributed by atoms with E-state index in [9.17, 15) is 4.79 Å². The van der Waals surface area contributed by atoms with Crippen LogP contribution < -0.4 is 4.90 Å². The van der Waals surface area contributed by atoms with Gasteiger partial charge in [-0.2, -0.15) is 0 Å². The molecule has 3 heterocycles. The number of carbonyl (C=O) groups excluding carboxylic acids is 1. The number of aryl methyl sites for hydroxylation is 1. The monoisotopic (exact) mass is 300 g/mol. The molecular weight excluding hydrogens is 284 g/mol. The molecule has 0 atom stereocenters. The maximum Gasteiger partial charge on any atom is 0.227 e. The van der Waals surface area contributed by atoms with E-state index in [2.05, 4.69) is 35.3 Å². The van der Waals surface area contributed by atoms with Crippen LogP contribution in [-0.4, -0.2) is 17.4 Å². The average Bonchev–Trinajstić information content (AvgIpc) is 3.03. The number of hydrogen-bond donors (Lipinski definition) is 0. The standard InChI is InChI=1S/C20H16N2O/c23-19-6-5-13-9-16(10-14-7-8-22(19)20(13)14)18-12-21-11-15-3-1-2-4-17(15)18/h1-4,9-12H,5-8H2. The van der Waals surface area contributed by atoms with E-state index in [1.54, 1.807) is 0 Å². The summed E-state index contributed by atoms with van der Waals surface area (Å²) in [5.41, 5.74) is 6.19. The lowest BCUT2D eigenvalue weighted by atomic mass is 9.92. The molecule has 0 aliphatic carbocycles. The van der Waals surface area contributed by atoms with Crippen molar-refractivity contribution >= 4 is 22.4 Å². The van der Waals surface area contributed by atoms with Gasteiger partial charge in [-0.15, -0.1) is 0 Å². The molecule has 0 saturated carbocycles. The van der Waals surface area contributed by atoms with Crippen molar-refractivity contribution in [2.45, 2.75) is 19.3 Å². The van der Waals surface area contributed by atoms with Gasteiger partial charge in [-0.1, -0.05) is 24.3 Å². The normalized spacial score (nSPS) is 16.0. The number of nitrogens with zero attached hydrogens (tertiary/aromatic N) is 2. The summed E-state index contributed by atoms with van der Waals surface area (Å²) in [7, 11) is 0. The van der Waals surface area contributed by atoms with Crippen LogP contribution >= 0.6 is 0 Å². The second-order valence-corrected chi connectivity index (χ2v) is 6.35. The Bertz CT molecular complexity index is 956. The van der Waals surface area contributed by atoms with Gasteiger partial charge in [0.15, 0.2) is 0 Å². The maximum absolute atomic E-state index is 12.1. The van der Waals surface area contributed by atoms with E-state index in [-0.39, 0.29) is 5.91 Å². The summed E-state index contributed by atoms with van der Waals surface area (Å²) in [6.45, 7) is 0.832. The summed E-state index contributed by atoms with van der Waals surface area (Å²) in [4.78, 5) is 18.5. The largest absolute Gasteiger partial charge is 0.312 e. The molecular formula is C20H16N2O. The predicted molar refractivity (Wildman–Crippen MR) is 91.6 cm³/mol. The number of rotatable bonds is 1. The molecule has 0 N–H and O–H groups in total. The van der Waals surface area contributed by atoms with Crippen LogP contribution in [0.4, 0.5) is 5.69 Å². The second kappa shape index (κ2) is 4.66. The third kappa shape index (κ3) is 1.83. The number of benzene rings is 2. The van der Waals surface area contributed by atoms with Crippen LogP contribution in [0.5, 0.6) is 0 Å². The van der Waals surface area contributed by atoms with Crippen LogP contribution in [0.1, 0.15) is 17.5 Å². The van der Waals surface area contributed by atoms with Gasteiger partial charge in [0.25, 0.3) is 0 Å². The fourth-order valence-electron chi connectivity index (χ4n) is 3.96. The minimum absolute atomic E-state index is 0.274. The van der Waals surface area contributed by atoms with Crippen molar-refractivity contribution in [3.8, 4) is 11.1 Å². The van der Waals surface area contributed by atoms with Crippen molar-refractivity contribution in [1.29, 1.82) is 0 Å². The van der Waals surface area contributed by atoms with Gasteiger partial charge in [-0.3, -0.25) is 9.78 Å². The molecule has 3 heteroatoms. The Labute approximate surface area is 134 Å². The molecule has 1 amide bonds. The minimum atomic E-state index is 0.274. The molecule has 3 nitrogen and oxygen atoms in total. The van der Waals surface area contributed by atoms with Gasteiger partial charge < -0.3 is 4.90 Å². The molecule has 23 heavy (non-hydrogen) atoms. The molecule has 0 fully saturated rings. The maximum atomic E-state index is 12.1. The lowest BCUT2D eigenvalue weighted by molar-refractivity contribution is -0.118. The third-order valence-electron chi connectivity index (χ3n) is 5.03. The number of hydrogen-bond acceptors (Lipinski definition) is 2. The summed E-state index contributed by atoms with van der Waals surface area (Å²) < 4.78 is 0. The third-order valence-corrected chi connectivity index (χ3v) is 5.03. The van der Waals surface area contributed by atoms with Crippen LogP contribution in [0.25, 0.3) is 21.9 Å². The Morgan fingerprint density at radius 2 is 1.78 bits per heavy atom. The molecule has 0 bridgehead atoms. The van der Waals surface area contributed by atoms with E-state index < -0.39 is 0 Å². The van der Waals surface area contributed by atoms with Gasteiger partial charge in [0.2, 0.25) is 5.91 Å². The zero-order chi connectivity index (χ0) is 15.4. The van der Waals surface area contributed by atoms with E-state index in [0.29, 0.717) is 6.42 Å². The summed E-state index contributed by atoms with van der Waals surface area (Å²) in [5.74, 6) is 0.274.